The highest BCUT2D eigenvalue weighted by Crippen LogP contribution is 2.37. The molecule has 0 saturated carbocycles. The molecule has 1 amide bonds. The molecule has 1 aromatic heterocycles. The average molecular weight is 401 g/mol. The molecule has 0 radical (unpaired) electrons. The van der Waals surface area contributed by atoms with Crippen molar-refractivity contribution in [2.45, 2.75) is 19.6 Å². The maximum atomic E-state index is 13.1. The van der Waals surface area contributed by atoms with Crippen molar-refractivity contribution in [2.24, 2.45) is 5.73 Å². The van der Waals surface area contributed by atoms with Crippen molar-refractivity contribution in [3.05, 3.63) is 83.0 Å². The fourth-order valence-corrected chi connectivity index (χ4v) is 2.65. The number of ether oxygens (including phenoxy) is 1. The van der Waals surface area contributed by atoms with Crippen LogP contribution in [0.15, 0.2) is 60.8 Å². The zero-order valence-corrected chi connectivity index (χ0v) is 15.5. The number of aryl methyl sites for hydroxylation is 1. The van der Waals surface area contributed by atoms with Gasteiger partial charge in [0.2, 0.25) is 5.88 Å². The fraction of sp³-hybridized carbons (Fsp3) is 0.143. The first-order chi connectivity index (χ1) is 13.7. The van der Waals surface area contributed by atoms with Gasteiger partial charge in [0.15, 0.2) is 0 Å². The van der Waals surface area contributed by atoms with Gasteiger partial charge in [-0.15, -0.1) is 0 Å². The Balaban J connectivity index is 1.83. The molecule has 3 rings (SSSR count). The van der Waals surface area contributed by atoms with Crippen LogP contribution in [0.2, 0.25) is 0 Å². The van der Waals surface area contributed by atoms with Crippen molar-refractivity contribution in [1.29, 1.82) is 0 Å². The van der Waals surface area contributed by atoms with Crippen molar-refractivity contribution in [3.8, 4) is 11.6 Å². The number of nitrogens with two attached hydrogens (primary N) is 1. The maximum absolute atomic E-state index is 13.1. The summed E-state index contributed by atoms with van der Waals surface area (Å²) in [6.45, 7) is 2.42. The molecule has 0 aliphatic rings. The van der Waals surface area contributed by atoms with Gasteiger partial charge in [-0.25, -0.2) is 4.98 Å². The van der Waals surface area contributed by atoms with Crippen LogP contribution in [0.25, 0.3) is 0 Å². The maximum Gasteiger partial charge on any atom is 0.421 e. The number of nitrogens with zero attached hydrogens (tertiary/aromatic N) is 1. The number of carbonyl (C=O) groups excluding carboxylic acids is 1. The zero-order valence-electron chi connectivity index (χ0n) is 15.5. The zero-order chi connectivity index (χ0) is 21.0. The van der Waals surface area contributed by atoms with Gasteiger partial charge in [0.05, 0.1) is 5.56 Å². The normalized spacial score (nSPS) is 11.2. The van der Waals surface area contributed by atoms with Crippen LogP contribution in [0.4, 0.5) is 18.9 Å². The third-order valence-electron chi connectivity index (χ3n) is 4.15. The second-order valence-electron chi connectivity index (χ2n) is 6.37. The van der Waals surface area contributed by atoms with E-state index in [9.17, 15) is 18.0 Å². The molecule has 29 heavy (non-hydrogen) atoms. The van der Waals surface area contributed by atoms with Crippen LogP contribution in [0.5, 0.6) is 11.6 Å². The van der Waals surface area contributed by atoms with Gasteiger partial charge in [-0.05, 0) is 42.8 Å². The lowest BCUT2D eigenvalue weighted by atomic mass is 10.1. The van der Waals surface area contributed by atoms with Crippen molar-refractivity contribution >= 4 is 11.6 Å². The highest BCUT2D eigenvalue weighted by atomic mass is 19.4. The Morgan fingerprint density at radius 3 is 2.52 bits per heavy atom. The number of rotatable bonds is 6. The van der Waals surface area contributed by atoms with Crippen molar-refractivity contribution < 1.29 is 22.7 Å². The van der Waals surface area contributed by atoms with E-state index in [-0.39, 0.29) is 11.3 Å². The van der Waals surface area contributed by atoms with E-state index in [0.29, 0.717) is 12.2 Å². The SMILES string of the molecule is Cc1ccc(CNc2ccc(Oc3ncccc3C(F)(F)F)cc2C(N)=O)cc1. The summed E-state index contributed by atoms with van der Waals surface area (Å²) < 4.78 is 44.6. The summed E-state index contributed by atoms with van der Waals surface area (Å²) in [4.78, 5) is 15.5. The Kier molecular flexibility index (Phi) is 5.72. The van der Waals surface area contributed by atoms with E-state index in [1.165, 1.54) is 30.5 Å². The average Bonchev–Trinajstić information content (AvgIpc) is 2.67. The highest BCUT2D eigenvalue weighted by molar-refractivity contribution is 5.99. The Morgan fingerprint density at radius 1 is 1.14 bits per heavy atom. The largest absolute Gasteiger partial charge is 0.438 e. The first-order valence-corrected chi connectivity index (χ1v) is 8.67. The van der Waals surface area contributed by atoms with Gasteiger partial charge < -0.3 is 15.8 Å². The molecule has 0 aliphatic heterocycles. The minimum atomic E-state index is -4.62. The number of amides is 1. The summed E-state index contributed by atoms with van der Waals surface area (Å²) in [5.41, 5.74) is 7.09. The fourth-order valence-electron chi connectivity index (χ4n) is 2.65. The predicted octanol–water partition coefficient (Wildman–Crippen LogP) is 4.91. The lowest BCUT2D eigenvalue weighted by Gasteiger charge is -2.14. The topological polar surface area (TPSA) is 77.2 Å². The van der Waals surface area contributed by atoms with Crippen LogP contribution in [0.1, 0.15) is 27.0 Å². The molecule has 0 bridgehead atoms. The molecule has 0 fully saturated rings. The van der Waals surface area contributed by atoms with Gasteiger partial charge in [-0.3, -0.25) is 4.79 Å². The minimum Gasteiger partial charge on any atom is -0.438 e. The molecule has 0 atom stereocenters. The van der Waals surface area contributed by atoms with Gasteiger partial charge in [0, 0.05) is 18.4 Å². The first kappa shape index (κ1) is 20.2. The Morgan fingerprint density at radius 2 is 1.86 bits per heavy atom. The van der Waals surface area contributed by atoms with E-state index in [4.69, 9.17) is 10.5 Å². The Bertz CT molecular complexity index is 1020. The summed E-state index contributed by atoms with van der Waals surface area (Å²) in [7, 11) is 0. The quantitative estimate of drug-likeness (QED) is 0.615. The number of anilines is 1. The van der Waals surface area contributed by atoms with Crippen molar-refractivity contribution in [2.75, 3.05) is 5.32 Å². The van der Waals surface area contributed by atoms with Crippen LogP contribution in [0.3, 0.4) is 0 Å². The molecule has 1 heterocycles. The third kappa shape index (κ3) is 5.04. The molecule has 0 unspecified atom stereocenters. The van der Waals surface area contributed by atoms with Gasteiger partial charge >= 0.3 is 6.18 Å². The van der Waals surface area contributed by atoms with E-state index < -0.39 is 23.5 Å². The number of benzene rings is 2. The second-order valence-corrected chi connectivity index (χ2v) is 6.37. The summed E-state index contributed by atoms with van der Waals surface area (Å²) in [6.07, 6.45) is -3.43. The van der Waals surface area contributed by atoms with Crippen molar-refractivity contribution in [3.63, 3.8) is 0 Å². The Hall–Kier alpha value is -3.55. The lowest BCUT2D eigenvalue weighted by molar-refractivity contribution is -0.138. The Labute approximate surface area is 165 Å². The number of nitrogens with one attached hydrogen (secondary N) is 1. The monoisotopic (exact) mass is 401 g/mol. The predicted molar refractivity (Wildman–Crippen MR) is 103 cm³/mol. The van der Waals surface area contributed by atoms with Crippen LogP contribution >= 0.6 is 0 Å². The van der Waals surface area contributed by atoms with E-state index in [1.807, 2.05) is 31.2 Å². The van der Waals surface area contributed by atoms with Crippen LogP contribution in [-0.2, 0) is 12.7 Å². The molecular formula is C21H18F3N3O2. The number of alkyl halides is 3. The summed E-state index contributed by atoms with van der Waals surface area (Å²) >= 11 is 0. The molecule has 0 aliphatic carbocycles. The smallest absolute Gasteiger partial charge is 0.421 e. The molecule has 3 aromatic rings. The van der Waals surface area contributed by atoms with Crippen LogP contribution in [0, 0.1) is 6.92 Å². The van der Waals surface area contributed by atoms with Gasteiger partial charge in [0.1, 0.15) is 11.3 Å². The summed E-state index contributed by atoms with van der Waals surface area (Å²) in [6, 6.07) is 14.1. The third-order valence-corrected chi connectivity index (χ3v) is 4.15. The number of aromatic nitrogens is 1. The molecule has 150 valence electrons. The molecule has 0 spiro atoms. The summed E-state index contributed by atoms with van der Waals surface area (Å²) in [5.74, 6) is -1.32. The van der Waals surface area contributed by atoms with Gasteiger partial charge in [-0.1, -0.05) is 29.8 Å². The molecule has 2 aromatic carbocycles. The van der Waals surface area contributed by atoms with Crippen LogP contribution < -0.4 is 15.8 Å². The second kappa shape index (κ2) is 8.22. The summed E-state index contributed by atoms with van der Waals surface area (Å²) in [5, 5.41) is 3.11. The number of hydrogen-bond donors (Lipinski definition) is 2. The molecular weight excluding hydrogens is 383 g/mol. The molecule has 5 nitrogen and oxygen atoms in total. The van der Waals surface area contributed by atoms with Crippen molar-refractivity contribution in [1.82, 2.24) is 4.98 Å². The standard InChI is InChI=1S/C21H18F3N3O2/c1-13-4-6-14(7-5-13)12-27-18-9-8-15(11-16(18)19(25)28)29-20-17(21(22,23)24)3-2-10-26-20/h2-11,27H,12H2,1H3,(H2,25,28). The number of primary amides is 1. The minimum absolute atomic E-state index is 0.0175. The van der Waals surface area contributed by atoms with E-state index >= 15 is 0 Å². The number of halogens is 3. The molecule has 0 saturated heterocycles. The number of hydrogen-bond acceptors (Lipinski definition) is 4. The van der Waals surface area contributed by atoms with E-state index in [1.54, 1.807) is 0 Å². The van der Waals surface area contributed by atoms with E-state index in [2.05, 4.69) is 10.3 Å². The first-order valence-electron chi connectivity index (χ1n) is 8.67. The van der Waals surface area contributed by atoms with Crippen LogP contribution in [-0.4, -0.2) is 10.9 Å². The van der Waals surface area contributed by atoms with E-state index in [0.717, 1.165) is 17.2 Å². The lowest BCUT2D eigenvalue weighted by Crippen LogP contribution is -2.15. The number of pyridine rings is 1. The highest BCUT2D eigenvalue weighted by Gasteiger charge is 2.35. The van der Waals surface area contributed by atoms with Gasteiger partial charge in [0.25, 0.3) is 5.91 Å². The van der Waals surface area contributed by atoms with Gasteiger partial charge in [-0.2, -0.15) is 13.2 Å². The molecule has 8 heteroatoms. The number of carbonyl (C=O) groups is 1. The molecule has 3 N–H and O–H groups in total.